The van der Waals surface area contributed by atoms with Crippen molar-refractivity contribution in [3.05, 3.63) is 46.7 Å². The number of nitrogens with zero attached hydrogens (tertiary/aromatic N) is 2. The lowest BCUT2D eigenvalue weighted by molar-refractivity contribution is -0.143. The lowest BCUT2D eigenvalue weighted by Gasteiger charge is -2.30. The van der Waals surface area contributed by atoms with E-state index in [1.54, 1.807) is 0 Å². The SMILES string of the molecule is CC1CNCCC1NC(=O)c1cnn(-c2ccc(Cl)cc2)c1C(F)(F)F. The van der Waals surface area contributed by atoms with E-state index in [4.69, 9.17) is 11.6 Å². The fourth-order valence-corrected chi connectivity index (χ4v) is 3.17. The highest BCUT2D eigenvalue weighted by molar-refractivity contribution is 6.30. The molecule has 1 aliphatic heterocycles. The van der Waals surface area contributed by atoms with Gasteiger partial charge in [0.25, 0.3) is 5.91 Å². The van der Waals surface area contributed by atoms with Crippen LogP contribution in [0.2, 0.25) is 5.02 Å². The van der Waals surface area contributed by atoms with Crippen LogP contribution in [-0.4, -0.2) is 34.8 Å². The summed E-state index contributed by atoms with van der Waals surface area (Å²) in [6.07, 6.45) is -3.11. The Balaban J connectivity index is 1.94. The van der Waals surface area contributed by atoms with Gasteiger partial charge in [-0.1, -0.05) is 18.5 Å². The molecule has 1 amide bonds. The van der Waals surface area contributed by atoms with Crippen molar-refractivity contribution in [2.24, 2.45) is 5.92 Å². The van der Waals surface area contributed by atoms with Crippen LogP contribution in [-0.2, 0) is 6.18 Å². The van der Waals surface area contributed by atoms with Crippen molar-refractivity contribution >= 4 is 17.5 Å². The molecular weight excluding hydrogens is 369 g/mol. The van der Waals surface area contributed by atoms with Crippen molar-refractivity contribution < 1.29 is 18.0 Å². The summed E-state index contributed by atoms with van der Waals surface area (Å²) < 4.78 is 41.7. The Morgan fingerprint density at radius 1 is 1.35 bits per heavy atom. The quantitative estimate of drug-likeness (QED) is 0.851. The molecule has 26 heavy (non-hydrogen) atoms. The van der Waals surface area contributed by atoms with Crippen LogP contribution in [0.25, 0.3) is 5.69 Å². The third-order valence-electron chi connectivity index (χ3n) is 4.46. The van der Waals surface area contributed by atoms with Crippen LogP contribution >= 0.6 is 11.6 Å². The first kappa shape index (κ1) is 18.7. The van der Waals surface area contributed by atoms with E-state index in [2.05, 4.69) is 15.7 Å². The predicted octanol–water partition coefficient (Wildman–Crippen LogP) is 3.27. The molecule has 1 aliphatic rings. The largest absolute Gasteiger partial charge is 0.434 e. The summed E-state index contributed by atoms with van der Waals surface area (Å²) >= 11 is 5.79. The zero-order valence-electron chi connectivity index (χ0n) is 14.0. The number of halogens is 4. The van der Waals surface area contributed by atoms with E-state index < -0.39 is 23.3 Å². The summed E-state index contributed by atoms with van der Waals surface area (Å²) in [4.78, 5) is 12.5. The van der Waals surface area contributed by atoms with E-state index in [9.17, 15) is 18.0 Å². The summed E-state index contributed by atoms with van der Waals surface area (Å²) in [5, 5.41) is 10.1. The molecule has 0 aliphatic carbocycles. The standard InChI is InChI=1S/C17H18ClF3N4O/c1-10-8-22-7-6-14(10)24-16(26)13-9-23-25(15(13)17(19,20)21)12-4-2-11(18)3-5-12/h2-5,9-10,14,22H,6-8H2,1H3,(H,24,26). The number of aromatic nitrogens is 2. The first-order chi connectivity index (χ1) is 12.3. The molecule has 1 aromatic heterocycles. The third kappa shape index (κ3) is 3.86. The van der Waals surface area contributed by atoms with Gasteiger partial charge in [-0.15, -0.1) is 0 Å². The van der Waals surface area contributed by atoms with Gasteiger partial charge in [-0.05, 0) is 49.7 Å². The predicted molar refractivity (Wildman–Crippen MR) is 91.5 cm³/mol. The fourth-order valence-electron chi connectivity index (χ4n) is 3.04. The topological polar surface area (TPSA) is 58.9 Å². The van der Waals surface area contributed by atoms with Crippen molar-refractivity contribution in [2.45, 2.75) is 25.6 Å². The maximum absolute atomic E-state index is 13.6. The highest BCUT2D eigenvalue weighted by atomic mass is 35.5. The van der Waals surface area contributed by atoms with Crippen LogP contribution in [0.15, 0.2) is 30.5 Å². The molecule has 140 valence electrons. The first-order valence-electron chi connectivity index (χ1n) is 8.20. The number of benzene rings is 1. The molecule has 0 radical (unpaired) electrons. The fraction of sp³-hybridized carbons (Fsp3) is 0.412. The van der Waals surface area contributed by atoms with Crippen LogP contribution < -0.4 is 10.6 Å². The number of nitrogens with one attached hydrogen (secondary N) is 2. The van der Waals surface area contributed by atoms with Gasteiger partial charge in [0.1, 0.15) is 0 Å². The van der Waals surface area contributed by atoms with Crippen molar-refractivity contribution in [3.63, 3.8) is 0 Å². The Kier molecular flexibility index (Phi) is 5.24. The maximum atomic E-state index is 13.6. The minimum atomic E-state index is -4.73. The molecule has 2 heterocycles. The molecule has 0 saturated carbocycles. The van der Waals surface area contributed by atoms with E-state index >= 15 is 0 Å². The summed E-state index contributed by atoms with van der Waals surface area (Å²) in [5.41, 5.74) is -1.41. The Morgan fingerprint density at radius 2 is 2.04 bits per heavy atom. The third-order valence-corrected chi connectivity index (χ3v) is 4.71. The van der Waals surface area contributed by atoms with Gasteiger partial charge >= 0.3 is 6.18 Å². The van der Waals surface area contributed by atoms with Crippen molar-refractivity contribution in [1.29, 1.82) is 0 Å². The molecule has 1 aromatic carbocycles. The van der Waals surface area contributed by atoms with Gasteiger partial charge in [-0.25, -0.2) is 4.68 Å². The molecule has 9 heteroatoms. The van der Waals surface area contributed by atoms with Crippen molar-refractivity contribution in [2.75, 3.05) is 13.1 Å². The van der Waals surface area contributed by atoms with E-state index in [0.717, 1.165) is 10.9 Å². The van der Waals surface area contributed by atoms with Gasteiger partial charge in [0, 0.05) is 11.1 Å². The molecule has 1 fully saturated rings. The number of alkyl halides is 3. The van der Waals surface area contributed by atoms with Crippen LogP contribution in [0.5, 0.6) is 0 Å². The number of piperidine rings is 1. The summed E-state index contributed by atoms with van der Waals surface area (Å²) in [5.74, 6) is -0.635. The van der Waals surface area contributed by atoms with Crippen LogP contribution in [0, 0.1) is 5.92 Å². The van der Waals surface area contributed by atoms with Crippen LogP contribution in [0.3, 0.4) is 0 Å². The average Bonchev–Trinajstić information content (AvgIpc) is 3.03. The van der Waals surface area contributed by atoms with Gasteiger partial charge in [-0.3, -0.25) is 4.79 Å². The summed E-state index contributed by atoms with van der Waals surface area (Å²) in [6, 6.07) is 5.59. The zero-order chi connectivity index (χ0) is 18.9. The molecule has 0 bridgehead atoms. The molecule has 2 aromatic rings. The van der Waals surface area contributed by atoms with Crippen LogP contribution in [0.1, 0.15) is 29.4 Å². The normalized spacial score (nSPS) is 20.8. The van der Waals surface area contributed by atoms with E-state index in [0.29, 0.717) is 24.5 Å². The second-order valence-corrected chi connectivity index (χ2v) is 6.78. The monoisotopic (exact) mass is 386 g/mol. The number of rotatable bonds is 3. The Hall–Kier alpha value is -2.06. The highest BCUT2D eigenvalue weighted by Crippen LogP contribution is 2.34. The minimum absolute atomic E-state index is 0.133. The summed E-state index contributed by atoms with van der Waals surface area (Å²) in [6.45, 7) is 3.37. The highest BCUT2D eigenvalue weighted by Gasteiger charge is 2.41. The van der Waals surface area contributed by atoms with Crippen molar-refractivity contribution in [3.8, 4) is 5.69 Å². The smallest absolute Gasteiger partial charge is 0.349 e. The number of carbonyl (C=O) groups excluding carboxylic acids is 1. The van der Waals surface area contributed by atoms with Gasteiger partial charge in [-0.2, -0.15) is 18.3 Å². The molecular formula is C17H18ClF3N4O. The molecule has 2 atom stereocenters. The average molecular weight is 387 g/mol. The lowest BCUT2D eigenvalue weighted by atomic mass is 9.95. The zero-order valence-corrected chi connectivity index (χ0v) is 14.7. The number of carbonyl (C=O) groups is 1. The molecule has 2 N–H and O–H groups in total. The Labute approximate surface area is 153 Å². The van der Waals surface area contributed by atoms with E-state index in [1.807, 2.05) is 6.92 Å². The molecule has 2 unspecified atom stereocenters. The molecule has 0 spiro atoms. The van der Waals surface area contributed by atoms with Crippen LogP contribution in [0.4, 0.5) is 13.2 Å². The van der Waals surface area contributed by atoms with Gasteiger partial charge in [0.15, 0.2) is 5.69 Å². The number of hydrogen-bond donors (Lipinski definition) is 2. The minimum Gasteiger partial charge on any atom is -0.349 e. The van der Waals surface area contributed by atoms with E-state index in [1.165, 1.54) is 24.3 Å². The van der Waals surface area contributed by atoms with Crippen molar-refractivity contribution in [1.82, 2.24) is 20.4 Å². The lowest BCUT2D eigenvalue weighted by Crippen LogP contribution is -2.48. The number of hydrogen-bond acceptors (Lipinski definition) is 3. The van der Waals surface area contributed by atoms with E-state index in [-0.39, 0.29) is 17.6 Å². The Bertz CT molecular complexity index is 788. The second-order valence-electron chi connectivity index (χ2n) is 6.34. The second kappa shape index (κ2) is 7.28. The molecule has 3 rings (SSSR count). The maximum Gasteiger partial charge on any atom is 0.434 e. The Morgan fingerprint density at radius 3 is 2.65 bits per heavy atom. The van der Waals surface area contributed by atoms with Gasteiger partial charge in [0.05, 0.1) is 17.4 Å². The first-order valence-corrected chi connectivity index (χ1v) is 8.58. The number of amides is 1. The summed E-state index contributed by atoms with van der Waals surface area (Å²) in [7, 11) is 0. The molecule has 1 saturated heterocycles. The van der Waals surface area contributed by atoms with Gasteiger partial charge < -0.3 is 10.6 Å². The molecule has 5 nitrogen and oxygen atoms in total. The van der Waals surface area contributed by atoms with Gasteiger partial charge in [0.2, 0.25) is 0 Å².